The number of hydrogen-bond donors (Lipinski definition) is 1. The van der Waals surface area contributed by atoms with Gasteiger partial charge in [0.2, 0.25) is 0 Å². The zero-order valence-electron chi connectivity index (χ0n) is 17.9. The number of ether oxygens (including phenoxy) is 1. The van der Waals surface area contributed by atoms with Crippen molar-refractivity contribution in [2.45, 2.75) is 26.8 Å². The Morgan fingerprint density at radius 2 is 1.93 bits per heavy atom. The molecule has 0 aromatic heterocycles. The number of carbonyl (C=O) groups is 2. The Morgan fingerprint density at radius 1 is 1.21 bits per heavy atom. The number of aryl methyl sites for hydroxylation is 1. The molecule has 1 saturated heterocycles. The number of esters is 1. The Hall–Kier alpha value is -2.38. The molecule has 2 heterocycles. The summed E-state index contributed by atoms with van der Waals surface area (Å²) in [5.74, 6) is -0.360. The van der Waals surface area contributed by atoms with Crippen LogP contribution in [0.25, 0.3) is 0 Å². The van der Waals surface area contributed by atoms with E-state index in [0.29, 0.717) is 25.3 Å². The summed E-state index contributed by atoms with van der Waals surface area (Å²) in [6.07, 6.45) is 0. The van der Waals surface area contributed by atoms with E-state index >= 15 is 0 Å². The number of benzene rings is 1. The summed E-state index contributed by atoms with van der Waals surface area (Å²) in [6.45, 7) is 10.9. The maximum Gasteiger partial charge on any atom is 0.338 e. The minimum absolute atomic E-state index is 0.170. The lowest BCUT2D eigenvalue weighted by atomic mass is 9.93. The highest BCUT2D eigenvalue weighted by Crippen LogP contribution is 2.32. The van der Waals surface area contributed by atoms with Crippen molar-refractivity contribution in [3.8, 4) is 0 Å². The zero-order chi connectivity index (χ0) is 21.0. The van der Waals surface area contributed by atoms with E-state index < -0.39 is 6.04 Å². The molecule has 1 fully saturated rings. The molecule has 3 rings (SSSR count). The highest BCUT2D eigenvalue weighted by Gasteiger charge is 2.38. The third kappa shape index (κ3) is 4.79. The fourth-order valence-electron chi connectivity index (χ4n) is 3.98. The predicted octanol–water partition coefficient (Wildman–Crippen LogP) is 2.15. The molecule has 0 bridgehead atoms. The Kier molecular flexibility index (Phi) is 6.92. The summed E-state index contributed by atoms with van der Waals surface area (Å²) >= 11 is 0. The van der Waals surface area contributed by atoms with Gasteiger partial charge in [-0.05, 0) is 33.4 Å². The van der Waals surface area contributed by atoms with Crippen LogP contribution >= 0.6 is 0 Å². The monoisotopic (exact) mass is 400 g/mol. The van der Waals surface area contributed by atoms with Gasteiger partial charge in [0.25, 0.3) is 0 Å². The highest BCUT2D eigenvalue weighted by molar-refractivity contribution is 5.95. The van der Waals surface area contributed by atoms with Crippen molar-refractivity contribution < 1.29 is 14.3 Å². The largest absolute Gasteiger partial charge is 0.463 e. The summed E-state index contributed by atoms with van der Waals surface area (Å²) in [4.78, 5) is 32.3. The normalized spacial score (nSPS) is 21.3. The molecule has 7 heteroatoms. The first-order chi connectivity index (χ1) is 13.9. The zero-order valence-corrected chi connectivity index (χ0v) is 17.9. The Balaban J connectivity index is 2.05. The van der Waals surface area contributed by atoms with Gasteiger partial charge in [0, 0.05) is 45.0 Å². The molecule has 29 heavy (non-hydrogen) atoms. The van der Waals surface area contributed by atoms with Crippen LogP contribution in [0.3, 0.4) is 0 Å². The molecule has 1 aromatic rings. The van der Waals surface area contributed by atoms with Crippen LogP contribution in [0.1, 0.15) is 31.0 Å². The predicted molar refractivity (Wildman–Crippen MR) is 112 cm³/mol. The lowest BCUT2D eigenvalue weighted by Crippen LogP contribution is -2.52. The molecule has 2 aliphatic rings. The van der Waals surface area contributed by atoms with Gasteiger partial charge in [0.15, 0.2) is 0 Å². The lowest BCUT2D eigenvalue weighted by Gasteiger charge is -2.40. The smallest absolute Gasteiger partial charge is 0.338 e. The number of nitrogens with one attached hydrogen (secondary N) is 1. The van der Waals surface area contributed by atoms with Crippen molar-refractivity contribution in [2.75, 3.05) is 52.9 Å². The molecule has 1 atom stereocenters. The van der Waals surface area contributed by atoms with Gasteiger partial charge in [-0.3, -0.25) is 9.80 Å². The van der Waals surface area contributed by atoms with Gasteiger partial charge in [-0.25, -0.2) is 9.59 Å². The quantitative estimate of drug-likeness (QED) is 0.742. The Bertz CT molecular complexity index is 784. The number of piperazine rings is 1. The van der Waals surface area contributed by atoms with Crippen molar-refractivity contribution in [3.63, 3.8) is 0 Å². The Morgan fingerprint density at radius 3 is 2.55 bits per heavy atom. The van der Waals surface area contributed by atoms with Crippen LogP contribution in [0.15, 0.2) is 35.5 Å². The van der Waals surface area contributed by atoms with Gasteiger partial charge < -0.3 is 15.0 Å². The number of likely N-dealkylation sites (N-methyl/N-ethyl adjacent to an activating group) is 2. The van der Waals surface area contributed by atoms with Crippen molar-refractivity contribution in [3.05, 3.63) is 46.7 Å². The van der Waals surface area contributed by atoms with Crippen LogP contribution < -0.4 is 5.32 Å². The van der Waals surface area contributed by atoms with E-state index in [1.807, 2.05) is 38.1 Å². The Labute approximate surface area is 173 Å². The standard InChI is InChI=1S/C22H32N4O3/c1-5-26-18(15-25-12-10-24(4)11-13-25)19(21(27)29-6-2)20(23-22(26)28)17-9-7-8-16(3)14-17/h7-9,14,20H,5-6,10-13,15H2,1-4H3,(H,23,28)/t20-/m0/s1. The maximum atomic E-state index is 13.1. The molecule has 7 nitrogen and oxygen atoms in total. The first kappa shape index (κ1) is 21.3. The van der Waals surface area contributed by atoms with E-state index in [9.17, 15) is 9.59 Å². The average molecular weight is 401 g/mol. The van der Waals surface area contributed by atoms with E-state index in [-0.39, 0.29) is 12.0 Å². The number of carbonyl (C=O) groups excluding carboxylic acids is 2. The van der Waals surface area contributed by atoms with Crippen LogP contribution in [-0.2, 0) is 9.53 Å². The van der Waals surface area contributed by atoms with Crippen LogP contribution in [0.5, 0.6) is 0 Å². The van der Waals surface area contributed by atoms with E-state index in [2.05, 4.69) is 22.2 Å². The van der Waals surface area contributed by atoms with Crippen molar-refractivity contribution in [1.82, 2.24) is 20.0 Å². The SMILES string of the molecule is CCOC(=O)C1=C(CN2CCN(C)CC2)N(CC)C(=O)N[C@H]1c1cccc(C)c1. The highest BCUT2D eigenvalue weighted by atomic mass is 16.5. The third-order valence-electron chi connectivity index (χ3n) is 5.59. The minimum atomic E-state index is -0.508. The molecule has 0 unspecified atom stereocenters. The van der Waals surface area contributed by atoms with Gasteiger partial charge in [0.05, 0.1) is 18.2 Å². The molecule has 0 saturated carbocycles. The molecule has 0 aliphatic carbocycles. The van der Waals surface area contributed by atoms with Crippen LogP contribution in [-0.4, -0.2) is 79.6 Å². The first-order valence-corrected chi connectivity index (χ1v) is 10.4. The molecule has 0 radical (unpaired) electrons. The fourth-order valence-corrected chi connectivity index (χ4v) is 3.98. The maximum absolute atomic E-state index is 13.1. The van der Waals surface area contributed by atoms with Crippen LogP contribution in [0.2, 0.25) is 0 Å². The average Bonchev–Trinajstić information content (AvgIpc) is 2.69. The van der Waals surface area contributed by atoms with Gasteiger partial charge in [-0.1, -0.05) is 29.8 Å². The van der Waals surface area contributed by atoms with Crippen LogP contribution in [0.4, 0.5) is 4.79 Å². The van der Waals surface area contributed by atoms with Gasteiger partial charge in [-0.15, -0.1) is 0 Å². The second-order valence-electron chi connectivity index (χ2n) is 7.70. The van der Waals surface area contributed by atoms with Gasteiger partial charge in [-0.2, -0.15) is 0 Å². The second kappa shape index (κ2) is 9.41. The lowest BCUT2D eigenvalue weighted by molar-refractivity contribution is -0.139. The summed E-state index contributed by atoms with van der Waals surface area (Å²) < 4.78 is 5.43. The van der Waals surface area contributed by atoms with E-state index in [4.69, 9.17) is 4.74 Å². The van der Waals surface area contributed by atoms with Gasteiger partial charge >= 0.3 is 12.0 Å². The second-order valence-corrected chi connectivity index (χ2v) is 7.70. The van der Waals surface area contributed by atoms with E-state index in [1.165, 1.54) is 0 Å². The van der Waals surface area contributed by atoms with Crippen molar-refractivity contribution >= 4 is 12.0 Å². The minimum Gasteiger partial charge on any atom is -0.463 e. The molecule has 158 valence electrons. The topological polar surface area (TPSA) is 65.1 Å². The molecular weight excluding hydrogens is 368 g/mol. The molecule has 2 aliphatic heterocycles. The van der Waals surface area contributed by atoms with E-state index in [1.54, 1.807) is 11.8 Å². The molecular formula is C22H32N4O3. The number of nitrogens with zero attached hydrogens (tertiary/aromatic N) is 3. The first-order valence-electron chi connectivity index (χ1n) is 10.4. The molecule has 2 amide bonds. The summed E-state index contributed by atoms with van der Waals surface area (Å²) in [7, 11) is 2.11. The summed E-state index contributed by atoms with van der Waals surface area (Å²) in [5, 5.41) is 3.03. The van der Waals surface area contributed by atoms with Crippen molar-refractivity contribution in [1.29, 1.82) is 0 Å². The molecule has 0 spiro atoms. The summed E-state index contributed by atoms with van der Waals surface area (Å²) in [5.41, 5.74) is 3.27. The number of hydrogen-bond acceptors (Lipinski definition) is 5. The van der Waals surface area contributed by atoms with Crippen LogP contribution in [0, 0.1) is 6.92 Å². The molecule has 1 N–H and O–H groups in total. The number of rotatable bonds is 6. The number of amides is 2. The van der Waals surface area contributed by atoms with E-state index in [0.717, 1.165) is 43.0 Å². The molecule has 1 aromatic carbocycles. The fraction of sp³-hybridized carbons (Fsp3) is 0.545. The van der Waals surface area contributed by atoms with Crippen molar-refractivity contribution in [2.24, 2.45) is 0 Å². The van der Waals surface area contributed by atoms with Gasteiger partial charge in [0.1, 0.15) is 0 Å². The summed E-state index contributed by atoms with van der Waals surface area (Å²) in [6, 6.07) is 7.24. The number of urea groups is 1. The third-order valence-corrected chi connectivity index (χ3v) is 5.59.